The maximum Gasteiger partial charge on any atom is 0.180 e. The third-order valence-corrected chi connectivity index (χ3v) is 5.92. The van der Waals surface area contributed by atoms with Crippen molar-refractivity contribution in [1.82, 2.24) is 0 Å². The summed E-state index contributed by atoms with van der Waals surface area (Å²) in [5.74, 6) is 0.0906. The number of ketones is 2. The molecule has 2 aliphatic rings. The molecule has 0 saturated heterocycles. The molecule has 0 N–H and O–H groups in total. The molecule has 0 spiro atoms. The lowest BCUT2D eigenvalue weighted by molar-refractivity contribution is 0.0989. The average molecular weight is 344 g/mol. The molecule has 0 amide bonds. The van der Waals surface area contributed by atoms with E-state index < -0.39 is 0 Å². The Morgan fingerprint density at radius 2 is 0.920 bits per heavy atom. The molecule has 25 heavy (non-hydrogen) atoms. The Bertz CT molecular complexity index is 825. The average Bonchev–Trinajstić information content (AvgIpc) is 2.98. The number of hydrogen-bond acceptors (Lipinski definition) is 3. The van der Waals surface area contributed by atoms with Gasteiger partial charge in [0.25, 0.3) is 0 Å². The van der Waals surface area contributed by atoms with Gasteiger partial charge in [0.15, 0.2) is 11.6 Å². The van der Waals surface area contributed by atoms with E-state index in [4.69, 9.17) is 0 Å². The van der Waals surface area contributed by atoms with Crippen LogP contribution in [-0.4, -0.2) is 11.6 Å². The van der Waals surface area contributed by atoms with Gasteiger partial charge in [-0.3, -0.25) is 9.59 Å². The summed E-state index contributed by atoms with van der Waals surface area (Å²) in [5.41, 5.74) is 3.25. The highest BCUT2D eigenvalue weighted by Gasteiger charge is 2.34. The van der Waals surface area contributed by atoms with E-state index >= 15 is 0 Å². The Balaban J connectivity index is 1.70. The van der Waals surface area contributed by atoms with E-state index in [1.807, 2.05) is 84.9 Å². The SMILES string of the molecule is O=C(c1ccccc1)C1SC(C(=O)c2ccccc2)c2ccc1cc2. The highest BCUT2D eigenvalue weighted by atomic mass is 32.2. The molecular weight excluding hydrogens is 328 g/mol. The first-order valence-corrected chi connectivity index (χ1v) is 9.12. The van der Waals surface area contributed by atoms with E-state index in [0.717, 1.165) is 11.1 Å². The second kappa shape index (κ2) is 6.69. The summed E-state index contributed by atoms with van der Waals surface area (Å²) in [4.78, 5) is 26.0. The molecule has 5 rings (SSSR count). The fourth-order valence-corrected chi connectivity index (χ4v) is 4.49. The van der Waals surface area contributed by atoms with Gasteiger partial charge in [-0.05, 0) is 11.1 Å². The van der Waals surface area contributed by atoms with Crippen LogP contribution in [0.4, 0.5) is 0 Å². The summed E-state index contributed by atoms with van der Waals surface area (Å²) in [7, 11) is 0. The van der Waals surface area contributed by atoms with Gasteiger partial charge in [-0.25, -0.2) is 0 Å². The molecule has 3 aromatic carbocycles. The lowest BCUT2D eigenvalue weighted by atomic mass is 9.99. The minimum Gasteiger partial charge on any atom is -0.293 e. The topological polar surface area (TPSA) is 34.1 Å². The Morgan fingerprint density at radius 1 is 0.560 bits per heavy atom. The molecule has 2 unspecified atom stereocenters. The summed E-state index contributed by atoms with van der Waals surface area (Å²) >= 11 is 1.44. The maximum atomic E-state index is 13.0. The van der Waals surface area contributed by atoms with Crippen LogP contribution in [0.25, 0.3) is 0 Å². The Morgan fingerprint density at radius 3 is 1.28 bits per heavy atom. The van der Waals surface area contributed by atoms with Crippen molar-refractivity contribution in [2.45, 2.75) is 10.5 Å². The molecule has 2 atom stereocenters. The molecule has 2 aliphatic heterocycles. The molecule has 0 saturated carbocycles. The van der Waals surface area contributed by atoms with E-state index in [0.29, 0.717) is 11.1 Å². The lowest BCUT2D eigenvalue weighted by Gasteiger charge is -2.18. The number of thioether (sulfide) groups is 1. The van der Waals surface area contributed by atoms with E-state index in [2.05, 4.69) is 0 Å². The molecule has 2 nitrogen and oxygen atoms in total. The van der Waals surface area contributed by atoms with E-state index in [9.17, 15) is 9.59 Å². The van der Waals surface area contributed by atoms with E-state index in [1.54, 1.807) is 0 Å². The molecule has 2 bridgehead atoms. The van der Waals surface area contributed by atoms with Crippen molar-refractivity contribution in [2.24, 2.45) is 0 Å². The van der Waals surface area contributed by atoms with Crippen LogP contribution >= 0.6 is 11.8 Å². The first-order chi connectivity index (χ1) is 12.2. The third kappa shape index (κ3) is 3.03. The van der Waals surface area contributed by atoms with Gasteiger partial charge < -0.3 is 0 Å². The summed E-state index contributed by atoms with van der Waals surface area (Å²) < 4.78 is 0. The van der Waals surface area contributed by atoms with Crippen molar-refractivity contribution < 1.29 is 9.59 Å². The second-order valence-electron chi connectivity index (χ2n) is 6.02. The molecule has 3 heteroatoms. The predicted octanol–water partition coefficient (Wildman–Crippen LogP) is 5.28. The lowest BCUT2D eigenvalue weighted by Crippen LogP contribution is -2.14. The molecule has 0 fully saturated rings. The van der Waals surface area contributed by atoms with Crippen molar-refractivity contribution in [3.05, 3.63) is 107 Å². The van der Waals surface area contributed by atoms with Crippen LogP contribution in [0.1, 0.15) is 42.3 Å². The largest absolute Gasteiger partial charge is 0.293 e. The predicted molar refractivity (Wildman–Crippen MR) is 101 cm³/mol. The number of benzene rings is 3. The number of rotatable bonds is 4. The van der Waals surface area contributed by atoms with Crippen molar-refractivity contribution in [3.8, 4) is 0 Å². The fourth-order valence-electron chi connectivity index (χ4n) is 3.07. The van der Waals surface area contributed by atoms with Crippen molar-refractivity contribution in [2.75, 3.05) is 0 Å². The third-order valence-electron chi connectivity index (χ3n) is 4.41. The van der Waals surface area contributed by atoms with E-state index in [1.165, 1.54) is 11.8 Å². The van der Waals surface area contributed by atoms with Crippen LogP contribution in [0, 0.1) is 0 Å². The summed E-state index contributed by atoms with van der Waals surface area (Å²) in [6.45, 7) is 0. The number of carbonyl (C=O) groups is 2. The highest BCUT2D eigenvalue weighted by Crippen LogP contribution is 2.47. The number of Topliss-reactive ketones (excluding diaryl/α,β-unsaturated/α-hetero) is 2. The molecule has 3 aromatic rings. The molecule has 2 heterocycles. The first-order valence-electron chi connectivity index (χ1n) is 8.18. The molecule has 0 aromatic heterocycles. The molecule has 0 radical (unpaired) electrons. The van der Waals surface area contributed by atoms with Crippen LogP contribution in [0.5, 0.6) is 0 Å². The van der Waals surface area contributed by atoms with Gasteiger partial charge in [0.05, 0.1) is 10.5 Å². The smallest absolute Gasteiger partial charge is 0.180 e. The molecule has 0 aliphatic carbocycles. The summed E-state index contributed by atoms with van der Waals surface area (Å²) in [5, 5.41) is -0.736. The van der Waals surface area contributed by atoms with E-state index in [-0.39, 0.29) is 22.1 Å². The Hall–Kier alpha value is -2.65. The standard InChI is InChI=1S/C22H16O2S/c23-19(15-7-3-1-4-8-15)21-17-11-13-18(14-12-17)22(25-21)20(24)16-9-5-2-6-10-16/h1-14,21-22H. The second-order valence-corrected chi connectivity index (χ2v) is 7.24. The molecular formula is C22H16O2S. The Labute approximate surface area is 150 Å². The van der Waals surface area contributed by atoms with Gasteiger partial charge in [0.2, 0.25) is 0 Å². The number of fused-ring (bicyclic) bond motifs is 4. The van der Waals surface area contributed by atoms with Crippen molar-refractivity contribution >= 4 is 23.3 Å². The zero-order valence-electron chi connectivity index (χ0n) is 13.5. The monoisotopic (exact) mass is 344 g/mol. The minimum atomic E-state index is -0.368. The van der Waals surface area contributed by atoms with Crippen LogP contribution < -0.4 is 0 Å². The van der Waals surface area contributed by atoms with Crippen molar-refractivity contribution in [3.63, 3.8) is 0 Å². The summed E-state index contributed by atoms with van der Waals surface area (Å²) in [6, 6.07) is 26.4. The van der Waals surface area contributed by atoms with Crippen LogP contribution in [0.15, 0.2) is 84.9 Å². The maximum absolute atomic E-state index is 13.0. The minimum absolute atomic E-state index is 0.0453. The zero-order chi connectivity index (χ0) is 17.2. The van der Waals surface area contributed by atoms with Crippen LogP contribution in [0.2, 0.25) is 0 Å². The fraction of sp³-hybridized carbons (Fsp3) is 0.0909. The van der Waals surface area contributed by atoms with Crippen LogP contribution in [0.3, 0.4) is 0 Å². The van der Waals surface area contributed by atoms with Gasteiger partial charge in [0, 0.05) is 11.1 Å². The quantitative estimate of drug-likeness (QED) is 0.604. The summed E-state index contributed by atoms with van der Waals surface area (Å²) in [6.07, 6.45) is 0. The van der Waals surface area contributed by atoms with Gasteiger partial charge in [-0.1, -0.05) is 84.9 Å². The van der Waals surface area contributed by atoms with Gasteiger partial charge in [-0.15, -0.1) is 11.8 Å². The van der Waals surface area contributed by atoms with Gasteiger partial charge in [0.1, 0.15) is 0 Å². The molecule has 122 valence electrons. The Kier molecular flexibility index (Phi) is 4.24. The first kappa shape index (κ1) is 15.9. The van der Waals surface area contributed by atoms with Gasteiger partial charge >= 0.3 is 0 Å². The van der Waals surface area contributed by atoms with Gasteiger partial charge in [-0.2, -0.15) is 0 Å². The van der Waals surface area contributed by atoms with Crippen molar-refractivity contribution in [1.29, 1.82) is 0 Å². The number of carbonyl (C=O) groups excluding carboxylic acids is 2. The number of hydrogen-bond donors (Lipinski definition) is 0. The zero-order valence-corrected chi connectivity index (χ0v) is 14.3. The normalized spacial score (nSPS) is 18.6. The van der Waals surface area contributed by atoms with Crippen LogP contribution in [-0.2, 0) is 0 Å². The highest BCUT2D eigenvalue weighted by molar-refractivity contribution is 8.01.